The largest absolute Gasteiger partial charge is 0.480 e. The number of rotatable bonds is 3. The fourth-order valence-corrected chi connectivity index (χ4v) is 1.81. The Kier molecular flexibility index (Phi) is 2.81. The third-order valence-corrected chi connectivity index (χ3v) is 2.67. The smallest absolute Gasteiger partial charge is 0.320 e. The number of aliphatic carboxylic acids is 1. The first-order valence-electron chi connectivity index (χ1n) is 5.11. The quantitative estimate of drug-likeness (QED) is 0.730. The molecule has 0 amide bonds. The molecule has 0 spiro atoms. The van der Waals surface area contributed by atoms with Crippen LogP contribution in [0.1, 0.15) is 11.3 Å². The number of aromatic nitrogens is 1. The number of carbonyl (C=O) groups is 1. The minimum atomic E-state index is -1.07. The van der Waals surface area contributed by atoms with E-state index in [4.69, 9.17) is 16.1 Å². The van der Waals surface area contributed by atoms with Crippen molar-refractivity contribution < 1.29 is 9.90 Å². The number of para-hydroxylation sites is 1. The van der Waals surface area contributed by atoms with Crippen molar-refractivity contribution >= 4 is 16.9 Å². The summed E-state index contributed by atoms with van der Waals surface area (Å²) in [6.07, 6.45) is 0.141. The van der Waals surface area contributed by atoms with E-state index in [2.05, 4.69) is 4.98 Å². The van der Waals surface area contributed by atoms with Crippen molar-refractivity contribution in [3.05, 3.63) is 35.5 Å². The van der Waals surface area contributed by atoms with E-state index in [0.717, 1.165) is 10.9 Å². The van der Waals surface area contributed by atoms with Crippen LogP contribution in [0.5, 0.6) is 0 Å². The van der Waals surface area contributed by atoms with E-state index in [1.165, 1.54) is 0 Å². The fraction of sp³-hybridized carbons (Fsp3) is 0.167. The lowest BCUT2D eigenvalue weighted by Crippen LogP contribution is -2.32. The van der Waals surface area contributed by atoms with Gasteiger partial charge < -0.3 is 15.8 Å². The lowest BCUT2D eigenvalue weighted by atomic mass is 10.0. The zero-order valence-electron chi connectivity index (χ0n) is 8.97. The first kappa shape index (κ1) is 11.2. The molecule has 0 aliphatic carbocycles. The molecular formula is C12H11N3O2. The van der Waals surface area contributed by atoms with Crippen molar-refractivity contribution in [1.82, 2.24) is 4.98 Å². The van der Waals surface area contributed by atoms with E-state index >= 15 is 0 Å². The fourth-order valence-electron chi connectivity index (χ4n) is 1.81. The molecular weight excluding hydrogens is 218 g/mol. The van der Waals surface area contributed by atoms with Gasteiger partial charge in [0.15, 0.2) is 0 Å². The van der Waals surface area contributed by atoms with Crippen LogP contribution in [-0.4, -0.2) is 22.1 Å². The van der Waals surface area contributed by atoms with Crippen molar-refractivity contribution in [2.45, 2.75) is 12.5 Å². The highest BCUT2D eigenvalue weighted by atomic mass is 16.4. The Morgan fingerprint density at radius 1 is 1.53 bits per heavy atom. The van der Waals surface area contributed by atoms with Crippen molar-refractivity contribution in [3.8, 4) is 6.07 Å². The van der Waals surface area contributed by atoms with Gasteiger partial charge in [0.25, 0.3) is 0 Å². The summed E-state index contributed by atoms with van der Waals surface area (Å²) in [4.78, 5) is 13.7. The number of hydrogen-bond donors (Lipinski definition) is 3. The highest BCUT2D eigenvalue weighted by Crippen LogP contribution is 2.22. The van der Waals surface area contributed by atoms with Crippen LogP contribution >= 0.6 is 0 Å². The highest BCUT2D eigenvalue weighted by molar-refractivity contribution is 5.86. The van der Waals surface area contributed by atoms with E-state index in [-0.39, 0.29) is 6.42 Å². The molecule has 5 nitrogen and oxygen atoms in total. The molecule has 0 aliphatic rings. The van der Waals surface area contributed by atoms with Gasteiger partial charge in [0.1, 0.15) is 17.8 Å². The first-order chi connectivity index (χ1) is 8.13. The monoisotopic (exact) mass is 229 g/mol. The van der Waals surface area contributed by atoms with Gasteiger partial charge in [-0.3, -0.25) is 4.79 Å². The Balaban J connectivity index is 2.51. The van der Waals surface area contributed by atoms with Gasteiger partial charge >= 0.3 is 5.97 Å². The van der Waals surface area contributed by atoms with Crippen LogP contribution in [-0.2, 0) is 11.2 Å². The summed E-state index contributed by atoms with van der Waals surface area (Å²) >= 11 is 0. The van der Waals surface area contributed by atoms with Crippen LogP contribution in [0.25, 0.3) is 10.9 Å². The number of fused-ring (bicyclic) bond motifs is 1. The molecule has 1 aromatic carbocycles. The minimum Gasteiger partial charge on any atom is -0.480 e. The number of carboxylic acids is 1. The van der Waals surface area contributed by atoms with Gasteiger partial charge in [0.05, 0.1) is 0 Å². The number of hydrogen-bond acceptors (Lipinski definition) is 3. The Bertz CT molecular complexity index is 610. The summed E-state index contributed by atoms with van der Waals surface area (Å²) in [6, 6.07) is 8.40. The lowest BCUT2D eigenvalue weighted by Gasteiger charge is -2.05. The van der Waals surface area contributed by atoms with Crippen LogP contribution in [0.2, 0.25) is 0 Å². The number of aromatic amines is 1. The first-order valence-corrected chi connectivity index (χ1v) is 5.11. The van der Waals surface area contributed by atoms with E-state index in [0.29, 0.717) is 11.3 Å². The highest BCUT2D eigenvalue weighted by Gasteiger charge is 2.18. The summed E-state index contributed by atoms with van der Waals surface area (Å²) in [5, 5.41) is 18.6. The van der Waals surface area contributed by atoms with Crippen LogP contribution in [0.15, 0.2) is 24.3 Å². The second kappa shape index (κ2) is 4.28. The lowest BCUT2D eigenvalue weighted by molar-refractivity contribution is -0.138. The molecule has 0 aliphatic heterocycles. The number of nitrogens with one attached hydrogen (secondary N) is 1. The summed E-state index contributed by atoms with van der Waals surface area (Å²) in [6.45, 7) is 0. The number of benzene rings is 1. The number of nitriles is 1. The third kappa shape index (κ3) is 1.98. The Morgan fingerprint density at radius 2 is 2.24 bits per heavy atom. The zero-order chi connectivity index (χ0) is 12.4. The average Bonchev–Trinajstić information content (AvgIpc) is 2.67. The van der Waals surface area contributed by atoms with Gasteiger partial charge in [-0.2, -0.15) is 5.26 Å². The van der Waals surface area contributed by atoms with E-state index in [1.54, 1.807) is 0 Å². The van der Waals surface area contributed by atoms with Gasteiger partial charge in [-0.05, 0) is 11.6 Å². The second-order valence-corrected chi connectivity index (χ2v) is 3.78. The average molecular weight is 229 g/mol. The molecule has 2 aromatic rings. The minimum absolute atomic E-state index is 0.141. The van der Waals surface area contributed by atoms with Crippen LogP contribution in [0.4, 0.5) is 0 Å². The Hall–Kier alpha value is -2.32. The molecule has 1 aromatic heterocycles. The van der Waals surface area contributed by atoms with Gasteiger partial charge in [0, 0.05) is 17.3 Å². The summed E-state index contributed by atoms with van der Waals surface area (Å²) < 4.78 is 0. The maximum atomic E-state index is 10.7. The number of nitrogens with two attached hydrogens (primary N) is 1. The van der Waals surface area contributed by atoms with Gasteiger partial charge in [-0.15, -0.1) is 0 Å². The topological polar surface area (TPSA) is 103 Å². The van der Waals surface area contributed by atoms with Gasteiger partial charge in [0.2, 0.25) is 0 Å². The second-order valence-electron chi connectivity index (χ2n) is 3.78. The SMILES string of the molecule is N#Cc1[nH]c2ccccc2c1C[C@H](N)C(=O)O. The van der Waals surface area contributed by atoms with Crippen molar-refractivity contribution in [2.75, 3.05) is 0 Å². The summed E-state index contributed by atoms with van der Waals surface area (Å²) in [7, 11) is 0. The number of nitrogens with zero attached hydrogens (tertiary/aromatic N) is 1. The summed E-state index contributed by atoms with van der Waals surface area (Å²) in [5.74, 6) is -1.07. The van der Waals surface area contributed by atoms with E-state index in [9.17, 15) is 4.79 Å². The molecule has 1 heterocycles. The molecule has 0 radical (unpaired) electrons. The molecule has 0 fully saturated rings. The molecule has 2 rings (SSSR count). The molecule has 0 bridgehead atoms. The zero-order valence-corrected chi connectivity index (χ0v) is 8.97. The van der Waals surface area contributed by atoms with E-state index < -0.39 is 12.0 Å². The molecule has 0 unspecified atom stereocenters. The van der Waals surface area contributed by atoms with Gasteiger partial charge in [-0.25, -0.2) is 0 Å². The van der Waals surface area contributed by atoms with E-state index in [1.807, 2.05) is 30.3 Å². The third-order valence-electron chi connectivity index (χ3n) is 2.67. The summed E-state index contributed by atoms with van der Waals surface area (Å²) in [5.41, 5.74) is 7.36. The van der Waals surface area contributed by atoms with Crippen LogP contribution in [0.3, 0.4) is 0 Å². The molecule has 86 valence electrons. The van der Waals surface area contributed by atoms with Crippen molar-refractivity contribution in [1.29, 1.82) is 5.26 Å². The Labute approximate surface area is 97.5 Å². The molecule has 5 heteroatoms. The standard InChI is InChI=1S/C12H11N3O2/c13-6-11-8(5-9(14)12(16)17)7-3-1-2-4-10(7)15-11/h1-4,9,15H,5,14H2,(H,16,17)/t9-/m0/s1. The predicted molar refractivity (Wildman–Crippen MR) is 62.3 cm³/mol. The molecule has 0 saturated carbocycles. The maximum absolute atomic E-state index is 10.7. The molecule has 0 saturated heterocycles. The van der Waals surface area contributed by atoms with Crippen LogP contribution in [0, 0.1) is 11.3 Å². The van der Waals surface area contributed by atoms with Gasteiger partial charge in [-0.1, -0.05) is 18.2 Å². The number of carboxylic acid groups (broad SMARTS) is 1. The van der Waals surface area contributed by atoms with Crippen molar-refractivity contribution in [3.63, 3.8) is 0 Å². The number of H-pyrrole nitrogens is 1. The maximum Gasteiger partial charge on any atom is 0.320 e. The molecule has 1 atom stereocenters. The van der Waals surface area contributed by atoms with Crippen LogP contribution < -0.4 is 5.73 Å². The predicted octanol–water partition coefficient (Wildman–Crippen LogP) is 0.994. The normalized spacial score (nSPS) is 12.2. The molecule has 17 heavy (non-hydrogen) atoms. The molecule has 4 N–H and O–H groups in total. The van der Waals surface area contributed by atoms with Crippen molar-refractivity contribution in [2.24, 2.45) is 5.73 Å². The Morgan fingerprint density at radius 3 is 2.88 bits per heavy atom.